The van der Waals surface area contributed by atoms with Gasteiger partial charge in [-0.2, -0.15) is 0 Å². The molecule has 0 amide bonds. The van der Waals surface area contributed by atoms with Crippen molar-refractivity contribution in [3.63, 3.8) is 0 Å². The predicted molar refractivity (Wildman–Crippen MR) is 72.0 cm³/mol. The molecule has 0 saturated heterocycles. The van der Waals surface area contributed by atoms with Crippen LogP contribution in [0.25, 0.3) is 0 Å². The average Bonchev–Trinajstić information content (AvgIpc) is 2.45. The lowest BCUT2D eigenvalue weighted by molar-refractivity contribution is 0.103. The van der Waals surface area contributed by atoms with Crippen molar-refractivity contribution in [1.29, 1.82) is 0 Å². The van der Waals surface area contributed by atoms with E-state index in [-0.39, 0.29) is 5.78 Å². The molecule has 1 aromatic carbocycles. The number of ether oxygens (including phenoxy) is 2. The van der Waals surface area contributed by atoms with Gasteiger partial charge in [-0.05, 0) is 31.2 Å². The first-order valence-electron chi connectivity index (χ1n) is 5.86. The van der Waals surface area contributed by atoms with Gasteiger partial charge in [-0.15, -0.1) is 0 Å². The van der Waals surface area contributed by atoms with E-state index in [1.807, 2.05) is 19.1 Å². The molecule has 2 aromatic rings. The Morgan fingerprint density at radius 1 is 1.05 bits per heavy atom. The van der Waals surface area contributed by atoms with Crippen LogP contribution in [0.1, 0.15) is 21.7 Å². The molecule has 0 aliphatic rings. The molecule has 0 atom stereocenters. The number of rotatable bonds is 4. The zero-order chi connectivity index (χ0) is 13.8. The number of ketones is 1. The number of aryl methyl sites for hydroxylation is 1. The summed E-state index contributed by atoms with van der Waals surface area (Å²) < 4.78 is 10.5. The highest BCUT2D eigenvalue weighted by atomic mass is 16.5. The fourth-order valence-electron chi connectivity index (χ4n) is 1.87. The third kappa shape index (κ3) is 2.57. The van der Waals surface area contributed by atoms with Crippen molar-refractivity contribution in [2.45, 2.75) is 6.92 Å². The third-order valence-corrected chi connectivity index (χ3v) is 2.77. The Labute approximate surface area is 112 Å². The Morgan fingerprint density at radius 2 is 1.79 bits per heavy atom. The normalized spacial score (nSPS) is 10.1. The van der Waals surface area contributed by atoms with Crippen molar-refractivity contribution in [1.82, 2.24) is 4.98 Å². The number of pyridine rings is 1. The Kier molecular flexibility index (Phi) is 3.80. The van der Waals surface area contributed by atoms with Crippen LogP contribution in [0.2, 0.25) is 0 Å². The number of hydrogen-bond acceptors (Lipinski definition) is 4. The average molecular weight is 257 g/mol. The highest BCUT2D eigenvalue weighted by Crippen LogP contribution is 2.31. The van der Waals surface area contributed by atoms with Crippen molar-refractivity contribution in [2.24, 2.45) is 0 Å². The summed E-state index contributed by atoms with van der Waals surface area (Å²) in [5.74, 6) is 0.777. The van der Waals surface area contributed by atoms with Crippen LogP contribution in [0.4, 0.5) is 0 Å². The first-order chi connectivity index (χ1) is 9.17. The molecule has 0 aliphatic heterocycles. The van der Waals surface area contributed by atoms with Gasteiger partial charge in [-0.1, -0.05) is 12.1 Å². The fraction of sp³-hybridized carbons (Fsp3) is 0.200. The maximum absolute atomic E-state index is 12.4. The lowest BCUT2D eigenvalue weighted by atomic mass is 10.1. The van der Waals surface area contributed by atoms with Crippen LogP contribution in [-0.4, -0.2) is 25.0 Å². The minimum Gasteiger partial charge on any atom is -0.493 e. The second-order valence-corrected chi connectivity index (χ2v) is 4.03. The standard InChI is InChI=1S/C15H15NO3/c1-10-6-4-8-12(16-10)14(17)11-7-5-9-13(18-2)15(11)19-3/h4-9H,1-3H3. The highest BCUT2D eigenvalue weighted by molar-refractivity contribution is 6.10. The number of benzene rings is 1. The number of nitrogens with zero attached hydrogens (tertiary/aromatic N) is 1. The second kappa shape index (κ2) is 5.52. The maximum atomic E-state index is 12.4. The summed E-state index contributed by atoms with van der Waals surface area (Å²) in [6.07, 6.45) is 0. The molecule has 1 aromatic heterocycles. The van der Waals surface area contributed by atoms with E-state index in [9.17, 15) is 4.79 Å². The largest absolute Gasteiger partial charge is 0.493 e. The van der Waals surface area contributed by atoms with Crippen LogP contribution < -0.4 is 9.47 Å². The highest BCUT2D eigenvalue weighted by Gasteiger charge is 2.18. The number of hydrogen-bond donors (Lipinski definition) is 0. The van der Waals surface area contributed by atoms with Gasteiger partial charge in [0.25, 0.3) is 0 Å². The van der Waals surface area contributed by atoms with Gasteiger partial charge in [0.05, 0.1) is 19.8 Å². The molecule has 19 heavy (non-hydrogen) atoms. The molecule has 4 nitrogen and oxygen atoms in total. The lowest BCUT2D eigenvalue weighted by Gasteiger charge is -2.11. The van der Waals surface area contributed by atoms with Gasteiger partial charge >= 0.3 is 0 Å². The van der Waals surface area contributed by atoms with E-state index in [4.69, 9.17) is 9.47 Å². The molecule has 0 bridgehead atoms. The topological polar surface area (TPSA) is 48.4 Å². The van der Waals surface area contributed by atoms with Crippen LogP contribution in [0.15, 0.2) is 36.4 Å². The second-order valence-electron chi connectivity index (χ2n) is 4.03. The van der Waals surface area contributed by atoms with E-state index in [1.54, 1.807) is 24.3 Å². The van der Waals surface area contributed by atoms with Gasteiger partial charge in [0, 0.05) is 5.69 Å². The van der Waals surface area contributed by atoms with Crippen molar-refractivity contribution in [3.8, 4) is 11.5 Å². The Hall–Kier alpha value is -2.36. The quantitative estimate of drug-likeness (QED) is 0.790. The molecule has 0 radical (unpaired) electrons. The summed E-state index contributed by atoms with van der Waals surface area (Å²) in [5.41, 5.74) is 1.64. The van der Waals surface area contributed by atoms with Crippen molar-refractivity contribution >= 4 is 5.78 Å². The van der Waals surface area contributed by atoms with Gasteiger partial charge in [0.1, 0.15) is 5.69 Å². The Morgan fingerprint density at radius 3 is 2.42 bits per heavy atom. The van der Waals surface area contributed by atoms with Gasteiger partial charge < -0.3 is 9.47 Å². The molecular weight excluding hydrogens is 242 g/mol. The minimum absolute atomic E-state index is 0.181. The Bertz CT molecular complexity index is 608. The number of methoxy groups -OCH3 is 2. The summed E-state index contributed by atoms with van der Waals surface area (Å²) >= 11 is 0. The van der Waals surface area contributed by atoms with Crippen molar-refractivity contribution < 1.29 is 14.3 Å². The van der Waals surface area contributed by atoms with Crippen molar-refractivity contribution in [3.05, 3.63) is 53.3 Å². The predicted octanol–water partition coefficient (Wildman–Crippen LogP) is 2.64. The fourth-order valence-corrected chi connectivity index (χ4v) is 1.87. The van der Waals surface area contributed by atoms with Crippen LogP contribution in [0.3, 0.4) is 0 Å². The zero-order valence-electron chi connectivity index (χ0n) is 11.1. The molecule has 0 aliphatic carbocycles. The molecule has 4 heteroatoms. The number of para-hydroxylation sites is 1. The summed E-state index contributed by atoms with van der Waals surface area (Å²) in [4.78, 5) is 16.7. The molecule has 1 heterocycles. The molecule has 0 fully saturated rings. The van der Waals surface area contributed by atoms with E-state index in [0.717, 1.165) is 5.69 Å². The summed E-state index contributed by atoms with van der Waals surface area (Å²) in [6.45, 7) is 1.85. The van der Waals surface area contributed by atoms with Crippen LogP contribution in [0.5, 0.6) is 11.5 Å². The molecule has 0 spiro atoms. The Balaban J connectivity index is 2.50. The SMILES string of the molecule is COc1cccc(C(=O)c2cccc(C)n2)c1OC. The molecule has 98 valence electrons. The first kappa shape index (κ1) is 13.1. The number of aromatic nitrogens is 1. The van der Waals surface area contributed by atoms with Gasteiger partial charge in [-0.3, -0.25) is 4.79 Å². The summed E-state index contributed by atoms with van der Waals surface area (Å²) in [7, 11) is 3.05. The van der Waals surface area contributed by atoms with E-state index in [0.29, 0.717) is 22.8 Å². The van der Waals surface area contributed by atoms with Crippen LogP contribution >= 0.6 is 0 Å². The van der Waals surface area contributed by atoms with Crippen molar-refractivity contribution in [2.75, 3.05) is 14.2 Å². The maximum Gasteiger partial charge on any atom is 0.215 e. The molecule has 0 saturated carbocycles. The summed E-state index contributed by atoms with van der Waals surface area (Å²) in [6, 6.07) is 10.5. The van der Waals surface area contributed by atoms with Gasteiger partial charge in [0.15, 0.2) is 11.5 Å². The van der Waals surface area contributed by atoms with E-state index in [1.165, 1.54) is 14.2 Å². The monoisotopic (exact) mass is 257 g/mol. The third-order valence-electron chi connectivity index (χ3n) is 2.77. The van der Waals surface area contributed by atoms with E-state index < -0.39 is 0 Å². The number of carbonyl (C=O) groups excluding carboxylic acids is 1. The molecule has 0 N–H and O–H groups in total. The van der Waals surface area contributed by atoms with Gasteiger partial charge in [-0.25, -0.2) is 4.98 Å². The molecule has 0 unspecified atom stereocenters. The smallest absolute Gasteiger partial charge is 0.215 e. The first-order valence-corrected chi connectivity index (χ1v) is 5.86. The molecule has 2 rings (SSSR count). The van der Waals surface area contributed by atoms with E-state index >= 15 is 0 Å². The number of carbonyl (C=O) groups is 1. The summed E-state index contributed by atoms with van der Waals surface area (Å²) in [5, 5.41) is 0. The minimum atomic E-state index is -0.181. The zero-order valence-corrected chi connectivity index (χ0v) is 11.1. The van der Waals surface area contributed by atoms with Crippen LogP contribution in [0, 0.1) is 6.92 Å². The lowest BCUT2D eigenvalue weighted by Crippen LogP contribution is -2.07. The van der Waals surface area contributed by atoms with Crippen LogP contribution in [-0.2, 0) is 0 Å². The van der Waals surface area contributed by atoms with Gasteiger partial charge in [0.2, 0.25) is 5.78 Å². The van der Waals surface area contributed by atoms with E-state index in [2.05, 4.69) is 4.98 Å². The molecular formula is C15H15NO3.